The highest BCUT2D eigenvalue weighted by Crippen LogP contribution is 2.29. The van der Waals surface area contributed by atoms with E-state index in [0.717, 1.165) is 6.61 Å². The molecule has 18 heavy (non-hydrogen) atoms. The maximum atomic E-state index is 6.42. The van der Waals surface area contributed by atoms with Crippen LogP contribution in [0.3, 0.4) is 0 Å². The van der Waals surface area contributed by atoms with Crippen LogP contribution >= 0.6 is 22.6 Å². The van der Waals surface area contributed by atoms with Gasteiger partial charge in [0.05, 0.1) is 6.61 Å². The van der Waals surface area contributed by atoms with Crippen molar-refractivity contribution in [1.29, 1.82) is 0 Å². The molecule has 0 spiro atoms. The first kappa shape index (κ1) is 18.6. The Hall–Kier alpha value is 0.647. The topological polar surface area (TPSA) is 9.23 Å². The molecule has 0 unspecified atom stereocenters. The van der Waals surface area contributed by atoms with Gasteiger partial charge in [0.1, 0.15) is 0 Å². The average Bonchev–Trinajstić information content (AvgIpc) is 2.40. The van der Waals surface area contributed by atoms with Gasteiger partial charge in [0.2, 0.25) is 0 Å². The van der Waals surface area contributed by atoms with Crippen LogP contribution < -0.4 is 0 Å². The van der Waals surface area contributed by atoms with E-state index in [-0.39, 0.29) is 0 Å². The highest BCUT2D eigenvalue weighted by Gasteiger charge is 2.32. The third-order valence-corrected chi connectivity index (χ3v) is 8.61. The van der Waals surface area contributed by atoms with Crippen molar-refractivity contribution in [2.75, 3.05) is 6.61 Å². The molecule has 0 aromatic rings. The second-order valence-electron chi connectivity index (χ2n) is 5.17. The fourth-order valence-corrected chi connectivity index (χ4v) is 7.18. The molecule has 0 atom stereocenters. The summed E-state index contributed by atoms with van der Waals surface area (Å²) in [5.41, 5.74) is 0. The summed E-state index contributed by atoms with van der Waals surface area (Å²) in [4.78, 5) is 0. The molecule has 0 aromatic heterocycles. The van der Waals surface area contributed by atoms with Gasteiger partial charge in [0.25, 0.3) is 0 Å². The van der Waals surface area contributed by atoms with Gasteiger partial charge in [-0.3, -0.25) is 0 Å². The first-order valence-electron chi connectivity index (χ1n) is 7.63. The van der Waals surface area contributed by atoms with E-state index in [1.54, 1.807) is 0 Å². The minimum absolute atomic E-state index is 0.840. The second-order valence-corrected chi connectivity index (χ2v) is 10.0. The van der Waals surface area contributed by atoms with Gasteiger partial charge < -0.3 is 4.43 Å². The molecular weight excluding hydrogens is 351 g/mol. The summed E-state index contributed by atoms with van der Waals surface area (Å²) >= 11 is 2.28. The highest BCUT2D eigenvalue weighted by atomic mass is 127. The fraction of sp³-hybridized carbons (Fsp3) is 0.867. The molecule has 0 fully saturated rings. The summed E-state index contributed by atoms with van der Waals surface area (Å²) in [5.74, 6) is 0. The smallest absolute Gasteiger partial charge is 0.193 e. The first-order chi connectivity index (χ1) is 8.74. The normalized spacial score (nSPS) is 12.4. The van der Waals surface area contributed by atoms with Gasteiger partial charge in [0, 0.05) is 0 Å². The van der Waals surface area contributed by atoms with Gasteiger partial charge in [0.15, 0.2) is 8.32 Å². The Balaban J connectivity index is 4.50. The van der Waals surface area contributed by atoms with Crippen LogP contribution in [0.5, 0.6) is 0 Å². The van der Waals surface area contributed by atoms with E-state index < -0.39 is 8.32 Å². The van der Waals surface area contributed by atoms with Crippen molar-refractivity contribution in [3.8, 4) is 0 Å². The summed E-state index contributed by atoms with van der Waals surface area (Å²) in [6.07, 6.45) is 10.1. The summed E-state index contributed by atoms with van der Waals surface area (Å²) in [5, 5.41) is 0. The predicted molar refractivity (Wildman–Crippen MR) is 94.0 cm³/mol. The summed E-state index contributed by atoms with van der Waals surface area (Å²) in [6, 6.07) is 4.12. The van der Waals surface area contributed by atoms with Gasteiger partial charge in [-0.05, 0) is 22.2 Å². The predicted octanol–water partition coefficient (Wildman–Crippen LogP) is 6.30. The van der Waals surface area contributed by atoms with Gasteiger partial charge in [-0.15, -0.1) is 0 Å². The zero-order chi connectivity index (χ0) is 13.7. The zero-order valence-corrected chi connectivity index (χ0v) is 15.7. The van der Waals surface area contributed by atoms with Crippen molar-refractivity contribution < 1.29 is 4.43 Å². The Morgan fingerprint density at radius 1 is 0.889 bits per heavy atom. The number of hydrogen-bond acceptors (Lipinski definition) is 1. The van der Waals surface area contributed by atoms with E-state index in [0.29, 0.717) is 0 Å². The van der Waals surface area contributed by atoms with E-state index in [1.165, 1.54) is 56.7 Å². The summed E-state index contributed by atoms with van der Waals surface area (Å²) in [7, 11) is -1.45. The van der Waals surface area contributed by atoms with E-state index in [2.05, 4.69) is 53.5 Å². The number of rotatable bonds is 12. The van der Waals surface area contributed by atoms with E-state index in [4.69, 9.17) is 4.43 Å². The van der Waals surface area contributed by atoms with Crippen molar-refractivity contribution >= 4 is 30.9 Å². The lowest BCUT2D eigenvalue weighted by Crippen LogP contribution is -2.38. The fourth-order valence-electron chi connectivity index (χ4n) is 2.35. The Bertz CT molecular complexity index is 185. The number of halogens is 1. The van der Waals surface area contributed by atoms with Gasteiger partial charge >= 0.3 is 0 Å². The van der Waals surface area contributed by atoms with Crippen LogP contribution in [-0.2, 0) is 4.43 Å². The Kier molecular flexibility index (Phi) is 13.1. The van der Waals surface area contributed by atoms with Crippen LogP contribution in [0.1, 0.15) is 59.3 Å². The molecule has 0 aliphatic rings. The molecule has 0 aliphatic heterocycles. The first-order valence-corrected chi connectivity index (χ1v) is 11.4. The molecule has 1 nitrogen and oxygen atoms in total. The Morgan fingerprint density at radius 2 is 1.33 bits per heavy atom. The van der Waals surface area contributed by atoms with Crippen molar-refractivity contribution in [3.63, 3.8) is 0 Å². The molecule has 0 amide bonds. The Morgan fingerprint density at radius 3 is 1.67 bits per heavy atom. The molecule has 0 aromatic carbocycles. The minimum atomic E-state index is -1.45. The second kappa shape index (κ2) is 12.7. The summed E-state index contributed by atoms with van der Waals surface area (Å²) in [6.45, 7) is 7.73. The van der Waals surface area contributed by atoms with Gasteiger partial charge in [-0.1, -0.05) is 88.0 Å². The number of hydrogen-bond donors (Lipinski definition) is 0. The van der Waals surface area contributed by atoms with Crippen molar-refractivity contribution in [2.24, 2.45) is 0 Å². The van der Waals surface area contributed by atoms with Crippen molar-refractivity contribution in [3.05, 3.63) is 10.2 Å². The molecule has 0 N–H and O–H groups in total. The molecule has 0 radical (unpaired) electrons. The van der Waals surface area contributed by atoms with Crippen LogP contribution in [0, 0.1) is 0 Å². The molecule has 108 valence electrons. The third kappa shape index (κ3) is 8.70. The highest BCUT2D eigenvalue weighted by molar-refractivity contribution is 14.1. The largest absolute Gasteiger partial charge is 0.413 e. The molecule has 0 saturated heterocycles. The van der Waals surface area contributed by atoms with E-state index >= 15 is 0 Å². The molecule has 0 bridgehead atoms. The van der Waals surface area contributed by atoms with Gasteiger partial charge in [-0.25, -0.2) is 0 Å². The zero-order valence-electron chi connectivity index (χ0n) is 12.5. The SMILES string of the molecule is CCCC[Si](CCCC)(CCCC)OCC=CI. The van der Waals surface area contributed by atoms with Crippen molar-refractivity contribution in [1.82, 2.24) is 0 Å². The minimum Gasteiger partial charge on any atom is -0.413 e. The van der Waals surface area contributed by atoms with Crippen LogP contribution in [0.25, 0.3) is 0 Å². The molecule has 0 heterocycles. The lowest BCUT2D eigenvalue weighted by atomic mass is 10.4. The molecule has 0 rings (SSSR count). The Labute approximate surface area is 129 Å². The maximum absolute atomic E-state index is 6.42. The summed E-state index contributed by atoms with van der Waals surface area (Å²) < 4.78 is 8.50. The average molecular weight is 382 g/mol. The van der Waals surface area contributed by atoms with Crippen LogP contribution in [0.15, 0.2) is 10.2 Å². The monoisotopic (exact) mass is 382 g/mol. The van der Waals surface area contributed by atoms with Crippen LogP contribution in [-0.4, -0.2) is 14.9 Å². The third-order valence-electron chi connectivity index (χ3n) is 3.53. The maximum Gasteiger partial charge on any atom is 0.193 e. The lowest BCUT2D eigenvalue weighted by molar-refractivity contribution is 0.335. The van der Waals surface area contributed by atoms with Crippen LogP contribution in [0.4, 0.5) is 0 Å². The molecular formula is C15H31IOSi. The van der Waals surface area contributed by atoms with E-state index in [9.17, 15) is 0 Å². The molecule has 0 saturated carbocycles. The number of unbranched alkanes of at least 4 members (excludes halogenated alkanes) is 3. The van der Waals surface area contributed by atoms with Crippen LogP contribution in [0.2, 0.25) is 18.1 Å². The molecule has 0 aliphatic carbocycles. The molecule has 3 heteroatoms. The van der Waals surface area contributed by atoms with Gasteiger partial charge in [-0.2, -0.15) is 0 Å². The standard InChI is InChI=1S/C15H31IOSi/c1-4-7-13-18(14-8-5-2,15-9-6-3)17-12-10-11-16/h10-11H,4-9,12-15H2,1-3H3. The van der Waals surface area contributed by atoms with E-state index in [1.807, 2.05) is 0 Å². The quantitative estimate of drug-likeness (QED) is 0.284. The lowest BCUT2D eigenvalue weighted by Gasteiger charge is -2.31. The van der Waals surface area contributed by atoms with Crippen molar-refractivity contribution in [2.45, 2.75) is 77.4 Å².